The van der Waals surface area contributed by atoms with Crippen molar-refractivity contribution in [2.24, 2.45) is 10.7 Å². The fourth-order valence-corrected chi connectivity index (χ4v) is 4.18. The molecule has 0 aromatic heterocycles. The van der Waals surface area contributed by atoms with E-state index in [1.807, 2.05) is 0 Å². The highest BCUT2D eigenvalue weighted by molar-refractivity contribution is 7.99. The zero-order valence-electron chi connectivity index (χ0n) is 13.0. The van der Waals surface area contributed by atoms with Crippen LogP contribution < -0.4 is 11.1 Å². The third-order valence-corrected chi connectivity index (χ3v) is 5.71. The fraction of sp³-hybridized carbons (Fsp3) is 0.933. The third-order valence-electron chi connectivity index (χ3n) is 4.77. The van der Waals surface area contributed by atoms with Gasteiger partial charge in [-0.2, -0.15) is 11.8 Å². The van der Waals surface area contributed by atoms with Crippen molar-refractivity contribution in [3.63, 3.8) is 0 Å². The summed E-state index contributed by atoms with van der Waals surface area (Å²) in [4.78, 5) is 7.37. The summed E-state index contributed by atoms with van der Waals surface area (Å²) in [7, 11) is 0. The number of thioether (sulfide) groups is 1. The molecular formula is C15H30N4S. The number of rotatable bonds is 5. The van der Waals surface area contributed by atoms with E-state index in [-0.39, 0.29) is 0 Å². The lowest BCUT2D eigenvalue weighted by atomic mass is 9.95. The van der Waals surface area contributed by atoms with Crippen LogP contribution in [0.2, 0.25) is 0 Å². The van der Waals surface area contributed by atoms with Crippen LogP contribution in [0.5, 0.6) is 0 Å². The van der Waals surface area contributed by atoms with Crippen molar-refractivity contribution in [1.82, 2.24) is 10.2 Å². The molecule has 0 aromatic carbocycles. The topological polar surface area (TPSA) is 53.6 Å². The number of hydrogen-bond acceptors (Lipinski definition) is 3. The molecule has 2 fully saturated rings. The highest BCUT2D eigenvalue weighted by Gasteiger charge is 2.39. The Hall–Kier alpha value is -0.420. The summed E-state index contributed by atoms with van der Waals surface area (Å²) in [6.07, 6.45) is 6.34. The van der Waals surface area contributed by atoms with Gasteiger partial charge < -0.3 is 11.1 Å². The molecule has 1 atom stereocenters. The quantitative estimate of drug-likeness (QED) is 0.602. The number of aliphatic imine (C=N–C) groups is 1. The number of nitrogens with two attached hydrogens (primary N) is 1. The second kappa shape index (κ2) is 7.55. The first kappa shape index (κ1) is 16.0. The van der Waals surface area contributed by atoms with Gasteiger partial charge in [0.15, 0.2) is 5.96 Å². The van der Waals surface area contributed by atoms with Crippen LogP contribution in [-0.4, -0.2) is 53.6 Å². The Bertz CT molecular complexity index is 320. The summed E-state index contributed by atoms with van der Waals surface area (Å²) in [6, 6.07) is 0.407. The van der Waals surface area contributed by atoms with Gasteiger partial charge in [-0.1, -0.05) is 19.8 Å². The molecule has 0 aromatic rings. The molecule has 3 N–H and O–H groups in total. The van der Waals surface area contributed by atoms with Crippen molar-refractivity contribution in [3.05, 3.63) is 0 Å². The first-order valence-electron chi connectivity index (χ1n) is 8.05. The zero-order chi connectivity index (χ0) is 14.4. The maximum Gasteiger partial charge on any atom is 0.188 e. The fourth-order valence-electron chi connectivity index (χ4n) is 3.28. The second-order valence-electron chi connectivity index (χ2n) is 6.19. The van der Waals surface area contributed by atoms with Gasteiger partial charge in [-0.05, 0) is 26.2 Å². The van der Waals surface area contributed by atoms with Crippen LogP contribution in [0.25, 0.3) is 0 Å². The summed E-state index contributed by atoms with van der Waals surface area (Å²) in [5.41, 5.74) is 6.33. The standard InChI is InChI=1S/C15H30N4S/c1-3-13(2)18-14(16)17-12-15(6-4-5-7-15)19-8-10-20-11-9-19/h13H,3-12H2,1-2H3,(H3,16,17,18). The highest BCUT2D eigenvalue weighted by atomic mass is 32.2. The van der Waals surface area contributed by atoms with Gasteiger partial charge in [0, 0.05) is 36.2 Å². The van der Waals surface area contributed by atoms with Crippen LogP contribution in [0.15, 0.2) is 4.99 Å². The van der Waals surface area contributed by atoms with E-state index in [1.165, 1.54) is 50.3 Å². The molecule has 1 aliphatic carbocycles. The highest BCUT2D eigenvalue weighted by Crippen LogP contribution is 2.36. The number of guanidine groups is 1. The average Bonchev–Trinajstić information content (AvgIpc) is 2.96. The van der Waals surface area contributed by atoms with E-state index in [0.29, 0.717) is 17.5 Å². The van der Waals surface area contributed by atoms with E-state index in [4.69, 9.17) is 5.73 Å². The van der Waals surface area contributed by atoms with E-state index in [2.05, 4.69) is 40.8 Å². The molecule has 4 nitrogen and oxygen atoms in total. The lowest BCUT2D eigenvalue weighted by Crippen LogP contribution is -2.53. The normalized spacial score (nSPS) is 25.6. The largest absolute Gasteiger partial charge is 0.370 e. The summed E-state index contributed by atoms with van der Waals surface area (Å²) in [6.45, 7) is 7.62. The van der Waals surface area contributed by atoms with Gasteiger partial charge in [0.1, 0.15) is 0 Å². The van der Waals surface area contributed by atoms with Crippen LogP contribution >= 0.6 is 11.8 Å². The molecule has 5 heteroatoms. The lowest BCUT2D eigenvalue weighted by Gasteiger charge is -2.42. The van der Waals surface area contributed by atoms with Crippen molar-refractivity contribution < 1.29 is 0 Å². The van der Waals surface area contributed by atoms with Crippen molar-refractivity contribution in [2.75, 3.05) is 31.1 Å². The minimum atomic E-state index is 0.294. The first-order valence-corrected chi connectivity index (χ1v) is 9.21. The van der Waals surface area contributed by atoms with Crippen molar-refractivity contribution in [3.8, 4) is 0 Å². The molecule has 0 radical (unpaired) electrons. The van der Waals surface area contributed by atoms with Gasteiger partial charge in [-0.15, -0.1) is 0 Å². The lowest BCUT2D eigenvalue weighted by molar-refractivity contribution is 0.112. The van der Waals surface area contributed by atoms with Crippen molar-refractivity contribution in [1.29, 1.82) is 0 Å². The van der Waals surface area contributed by atoms with Crippen molar-refractivity contribution in [2.45, 2.75) is 57.5 Å². The molecule has 0 bridgehead atoms. The van der Waals surface area contributed by atoms with Crippen LogP contribution in [0, 0.1) is 0 Å². The third kappa shape index (κ3) is 4.04. The number of hydrogen-bond donors (Lipinski definition) is 2. The summed E-state index contributed by atoms with van der Waals surface area (Å²) in [5.74, 6) is 3.16. The van der Waals surface area contributed by atoms with Crippen LogP contribution in [0.3, 0.4) is 0 Å². The Labute approximate surface area is 128 Å². The van der Waals surface area contributed by atoms with Gasteiger partial charge in [0.2, 0.25) is 0 Å². The Morgan fingerprint density at radius 1 is 1.35 bits per heavy atom. The molecular weight excluding hydrogens is 268 g/mol. The Morgan fingerprint density at radius 3 is 2.60 bits per heavy atom. The predicted molar refractivity (Wildman–Crippen MR) is 89.5 cm³/mol. The monoisotopic (exact) mass is 298 g/mol. The molecule has 116 valence electrons. The minimum absolute atomic E-state index is 0.294. The van der Waals surface area contributed by atoms with Crippen LogP contribution in [0.1, 0.15) is 46.0 Å². The van der Waals surface area contributed by atoms with E-state index in [1.54, 1.807) is 0 Å². The Morgan fingerprint density at radius 2 is 2.00 bits per heavy atom. The molecule has 1 saturated heterocycles. The first-order chi connectivity index (χ1) is 9.66. The van der Waals surface area contributed by atoms with Gasteiger partial charge in [0.05, 0.1) is 6.54 Å². The molecule has 20 heavy (non-hydrogen) atoms. The average molecular weight is 299 g/mol. The van der Waals surface area contributed by atoms with Gasteiger partial charge in [0.25, 0.3) is 0 Å². The maximum absolute atomic E-state index is 6.03. The number of nitrogens with one attached hydrogen (secondary N) is 1. The molecule has 2 rings (SSSR count). The summed E-state index contributed by atoms with van der Waals surface area (Å²) in [5, 5.41) is 3.28. The maximum atomic E-state index is 6.03. The summed E-state index contributed by atoms with van der Waals surface area (Å²) >= 11 is 2.08. The SMILES string of the molecule is CCC(C)NC(N)=NCC1(N2CCSCC2)CCCC1. The summed E-state index contributed by atoms with van der Waals surface area (Å²) < 4.78 is 0. The number of nitrogens with zero attached hydrogens (tertiary/aromatic N) is 2. The molecule has 1 aliphatic heterocycles. The molecule has 2 aliphatic rings. The van der Waals surface area contributed by atoms with Crippen LogP contribution in [0.4, 0.5) is 0 Å². The van der Waals surface area contributed by atoms with E-state index < -0.39 is 0 Å². The second-order valence-corrected chi connectivity index (χ2v) is 7.41. The minimum Gasteiger partial charge on any atom is -0.370 e. The van der Waals surface area contributed by atoms with Crippen molar-refractivity contribution >= 4 is 17.7 Å². The van der Waals surface area contributed by atoms with Gasteiger partial charge in [-0.3, -0.25) is 9.89 Å². The van der Waals surface area contributed by atoms with Gasteiger partial charge >= 0.3 is 0 Å². The van der Waals surface area contributed by atoms with E-state index in [9.17, 15) is 0 Å². The Balaban J connectivity index is 1.96. The smallest absolute Gasteiger partial charge is 0.188 e. The molecule has 1 saturated carbocycles. The zero-order valence-corrected chi connectivity index (χ0v) is 13.8. The van der Waals surface area contributed by atoms with E-state index >= 15 is 0 Å². The molecule has 1 heterocycles. The van der Waals surface area contributed by atoms with Gasteiger partial charge in [-0.25, -0.2) is 0 Å². The molecule has 0 amide bonds. The van der Waals surface area contributed by atoms with E-state index in [0.717, 1.165) is 13.0 Å². The Kier molecular flexibility index (Phi) is 6.02. The van der Waals surface area contributed by atoms with Crippen LogP contribution in [-0.2, 0) is 0 Å². The molecule has 0 spiro atoms. The predicted octanol–water partition coefficient (Wildman–Crippen LogP) is 2.05. The molecule has 1 unspecified atom stereocenters.